The van der Waals surface area contributed by atoms with Crippen LogP contribution in [0.2, 0.25) is 0 Å². The average Bonchev–Trinajstić information content (AvgIpc) is 2.31. The van der Waals surface area contributed by atoms with Crippen molar-refractivity contribution in [1.29, 1.82) is 0 Å². The minimum absolute atomic E-state index is 0.237. The number of methoxy groups -OCH3 is 1. The summed E-state index contributed by atoms with van der Waals surface area (Å²) in [7, 11) is 1.72. The maximum Gasteiger partial charge on any atom is 0.117 e. The third-order valence-electron chi connectivity index (χ3n) is 5.56. The van der Waals surface area contributed by atoms with E-state index in [1.807, 2.05) is 0 Å². The van der Waals surface area contributed by atoms with Crippen LogP contribution in [0.25, 0.3) is 0 Å². The number of nitrogens with two attached hydrogens (primary N) is 1. The summed E-state index contributed by atoms with van der Waals surface area (Å²) in [6, 6.07) is 0. The molecule has 0 aromatic heterocycles. The lowest BCUT2D eigenvalue weighted by Gasteiger charge is -2.61. The lowest BCUT2D eigenvalue weighted by atomic mass is 9.44. The van der Waals surface area contributed by atoms with Crippen molar-refractivity contribution in [2.45, 2.75) is 45.4 Å². The van der Waals surface area contributed by atoms with Gasteiger partial charge in [0.25, 0.3) is 0 Å². The molecule has 4 nitrogen and oxygen atoms in total. The monoisotopic (exact) mass is 265 g/mol. The highest BCUT2D eigenvalue weighted by Crippen LogP contribution is 2.65. The smallest absolute Gasteiger partial charge is 0.117 e. The number of aliphatic imine (C=N–C) groups is 1. The number of hydrogen-bond acceptors (Lipinski definition) is 3. The maximum atomic E-state index is 5.80. The molecular weight excluding hydrogens is 238 g/mol. The summed E-state index contributed by atoms with van der Waals surface area (Å²) >= 11 is 0. The van der Waals surface area contributed by atoms with E-state index in [1.54, 1.807) is 7.11 Å². The second-order valence-corrected chi connectivity index (χ2v) is 7.42. The Morgan fingerprint density at radius 2 is 2.00 bits per heavy atom. The number of ether oxygens (including phenoxy) is 1. The number of rotatable bonds is 4. The largest absolute Gasteiger partial charge is 0.383 e. The highest BCUT2D eigenvalue weighted by atomic mass is 16.5. The van der Waals surface area contributed by atoms with Crippen LogP contribution in [-0.4, -0.2) is 26.1 Å². The molecular formula is C15H27N3O. The van der Waals surface area contributed by atoms with Gasteiger partial charge in [-0.15, -0.1) is 0 Å². The number of hydrazine groups is 1. The van der Waals surface area contributed by atoms with Crippen LogP contribution in [0.3, 0.4) is 0 Å². The Morgan fingerprint density at radius 3 is 2.53 bits per heavy atom. The van der Waals surface area contributed by atoms with Crippen molar-refractivity contribution >= 4 is 5.84 Å². The first kappa shape index (κ1) is 13.4. The van der Waals surface area contributed by atoms with Crippen LogP contribution in [0.1, 0.15) is 45.4 Å². The summed E-state index contributed by atoms with van der Waals surface area (Å²) < 4.78 is 5.10. The van der Waals surface area contributed by atoms with Crippen LogP contribution >= 0.6 is 0 Å². The molecule has 0 saturated heterocycles. The Balaban J connectivity index is 1.83. The van der Waals surface area contributed by atoms with Crippen molar-refractivity contribution in [3.63, 3.8) is 0 Å². The number of nitrogens with zero attached hydrogens (tertiary/aromatic N) is 1. The van der Waals surface area contributed by atoms with Gasteiger partial charge < -0.3 is 10.2 Å². The summed E-state index contributed by atoms with van der Waals surface area (Å²) in [4.78, 5) is 4.71. The van der Waals surface area contributed by atoms with E-state index >= 15 is 0 Å². The summed E-state index contributed by atoms with van der Waals surface area (Å²) in [5.74, 6) is 8.64. The second-order valence-electron chi connectivity index (χ2n) is 7.42. The normalized spacial score (nSPS) is 44.7. The Kier molecular flexibility index (Phi) is 3.34. The first-order valence-corrected chi connectivity index (χ1v) is 7.60. The van der Waals surface area contributed by atoms with Gasteiger partial charge >= 0.3 is 0 Å². The summed E-state index contributed by atoms with van der Waals surface area (Å²) in [6.45, 7) is 3.86. The quantitative estimate of drug-likeness (QED) is 0.269. The van der Waals surface area contributed by atoms with E-state index in [0.29, 0.717) is 18.6 Å². The van der Waals surface area contributed by atoms with Crippen LogP contribution in [0, 0.1) is 22.7 Å². The highest BCUT2D eigenvalue weighted by molar-refractivity contribution is 5.88. The minimum atomic E-state index is 0.237. The Labute approximate surface area is 116 Å². The van der Waals surface area contributed by atoms with Gasteiger partial charge in [0.1, 0.15) is 5.84 Å². The molecule has 4 saturated carbocycles. The molecule has 108 valence electrons. The molecule has 2 unspecified atom stereocenters. The second kappa shape index (κ2) is 4.74. The van der Waals surface area contributed by atoms with Crippen LogP contribution in [0.5, 0.6) is 0 Å². The SMILES string of the molecule is COCCN=C(NN)C12CC3CC(CC(C)(C3)C1)C2. The molecule has 4 bridgehead atoms. The van der Waals surface area contributed by atoms with Gasteiger partial charge in [0.2, 0.25) is 0 Å². The molecule has 0 aliphatic heterocycles. The molecule has 0 spiro atoms. The zero-order valence-electron chi connectivity index (χ0n) is 12.2. The van der Waals surface area contributed by atoms with E-state index in [-0.39, 0.29) is 5.41 Å². The Hall–Kier alpha value is -0.610. The van der Waals surface area contributed by atoms with Crippen molar-refractivity contribution in [2.75, 3.05) is 20.3 Å². The molecule has 2 atom stereocenters. The molecule has 0 aromatic rings. The third kappa shape index (κ3) is 2.29. The van der Waals surface area contributed by atoms with Gasteiger partial charge in [-0.25, -0.2) is 5.84 Å². The van der Waals surface area contributed by atoms with E-state index < -0.39 is 0 Å². The fourth-order valence-electron chi connectivity index (χ4n) is 5.61. The first-order valence-electron chi connectivity index (χ1n) is 7.60. The van der Waals surface area contributed by atoms with Crippen molar-refractivity contribution in [3.05, 3.63) is 0 Å². The molecule has 4 fully saturated rings. The summed E-state index contributed by atoms with van der Waals surface area (Å²) in [5, 5.41) is 0. The average molecular weight is 265 g/mol. The topological polar surface area (TPSA) is 59.6 Å². The Morgan fingerprint density at radius 1 is 1.32 bits per heavy atom. The van der Waals surface area contributed by atoms with Crippen molar-refractivity contribution in [3.8, 4) is 0 Å². The van der Waals surface area contributed by atoms with Gasteiger partial charge in [-0.1, -0.05) is 6.92 Å². The number of amidine groups is 1. The van der Waals surface area contributed by atoms with Gasteiger partial charge in [-0.05, 0) is 55.8 Å². The lowest BCUT2D eigenvalue weighted by molar-refractivity contribution is -0.0695. The molecule has 4 rings (SSSR count). The fraction of sp³-hybridized carbons (Fsp3) is 0.933. The molecule has 4 heteroatoms. The van der Waals surface area contributed by atoms with Crippen LogP contribution < -0.4 is 11.3 Å². The zero-order valence-corrected chi connectivity index (χ0v) is 12.2. The van der Waals surface area contributed by atoms with Crippen LogP contribution in [0.4, 0.5) is 0 Å². The fourth-order valence-corrected chi connectivity index (χ4v) is 5.61. The highest BCUT2D eigenvalue weighted by Gasteiger charge is 2.57. The molecule has 3 N–H and O–H groups in total. The van der Waals surface area contributed by atoms with Gasteiger partial charge in [-0.2, -0.15) is 0 Å². The summed E-state index contributed by atoms with van der Waals surface area (Å²) in [5.41, 5.74) is 3.70. The summed E-state index contributed by atoms with van der Waals surface area (Å²) in [6.07, 6.45) is 8.11. The molecule has 4 aliphatic rings. The van der Waals surface area contributed by atoms with Crippen molar-refractivity contribution in [2.24, 2.45) is 33.5 Å². The van der Waals surface area contributed by atoms with Gasteiger partial charge in [-0.3, -0.25) is 4.99 Å². The van der Waals surface area contributed by atoms with Gasteiger partial charge in [0.15, 0.2) is 0 Å². The molecule has 0 heterocycles. The lowest BCUT2D eigenvalue weighted by Crippen LogP contribution is -2.57. The molecule has 0 aromatic carbocycles. The third-order valence-corrected chi connectivity index (χ3v) is 5.56. The predicted octanol–water partition coefficient (Wildman–Crippen LogP) is 2.10. The van der Waals surface area contributed by atoms with Crippen molar-refractivity contribution < 1.29 is 4.74 Å². The Bertz CT molecular complexity index is 366. The molecule has 19 heavy (non-hydrogen) atoms. The molecule has 0 radical (unpaired) electrons. The predicted molar refractivity (Wildman–Crippen MR) is 76.7 cm³/mol. The van der Waals surface area contributed by atoms with E-state index in [1.165, 1.54) is 38.5 Å². The van der Waals surface area contributed by atoms with Gasteiger partial charge in [0, 0.05) is 12.5 Å². The number of hydrogen-bond donors (Lipinski definition) is 2. The number of nitrogens with one attached hydrogen (secondary N) is 1. The van der Waals surface area contributed by atoms with Crippen LogP contribution in [-0.2, 0) is 4.74 Å². The molecule has 0 amide bonds. The van der Waals surface area contributed by atoms with E-state index in [2.05, 4.69) is 12.3 Å². The maximum absolute atomic E-state index is 5.80. The van der Waals surface area contributed by atoms with E-state index in [4.69, 9.17) is 15.6 Å². The standard InChI is InChI=1S/C15H27N3O/c1-14-6-11-5-12(7-14)9-15(8-11,10-14)13(18-16)17-3-4-19-2/h11-12H,3-10,16H2,1-2H3,(H,17,18). The van der Waals surface area contributed by atoms with E-state index in [0.717, 1.165) is 17.7 Å². The van der Waals surface area contributed by atoms with E-state index in [9.17, 15) is 0 Å². The zero-order chi connectivity index (χ0) is 13.5. The molecule has 4 aliphatic carbocycles. The van der Waals surface area contributed by atoms with Crippen LogP contribution in [0.15, 0.2) is 4.99 Å². The van der Waals surface area contributed by atoms with Crippen molar-refractivity contribution in [1.82, 2.24) is 5.43 Å². The first-order chi connectivity index (χ1) is 9.09. The van der Waals surface area contributed by atoms with Gasteiger partial charge in [0.05, 0.1) is 13.2 Å². The minimum Gasteiger partial charge on any atom is -0.383 e.